The minimum Gasteiger partial charge on any atom is -0.508 e. The monoisotopic (exact) mass is 305 g/mol. The van der Waals surface area contributed by atoms with Crippen molar-refractivity contribution in [1.29, 1.82) is 0 Å². The summed E-state index contributed by atoms with van der Waals surface area (Å²) in [6.07, 6.45) is 4.37. The zero-order valence-electron chi connectivity index (χ0n) is 13.6. The van der Waals surface area contributed by atoms with Gasteiger partial charge in [-0.1, -0.05) is 12.1 Å². The van der Waals surface area contributed by atoms with Crippen molar-refractivity contribution in [3.63, 3.8) is 0 Å². The van der Waals surface area contributed by atoms with E-state index < -0.39 is 0 Å². The lowest BCUT2D eigenvalue weighted by molar-refractivity contribution is -0.183. The van der Waals surface area contributed by atoms with E-state index in [0.29, 0.717) is 17.7 Å². The fourth-order valence-corrected chi connectivity index (χ4v) is 3.69. The van der Waals surface area contributed by atoms with Crippen LogP contribution in [0.25, 0.3) is 0 Å². The van der Waals surface area contributed by atoms with Crippen LogP contribution in [0, 0.1) is 5.92 Å². The maximum atomic E-state index is 9.64. The van der Waals surface area contributed by atoms with Gasteiger partial charge in [0, 0.05) is 25.4 Å². The lowest BCUT2D eigenvalue weighted by Crippen LogP contribution is -2.38. The van der Waals surface area contributed by atoms with Crippen LogP contribution < -0.4 is 0 Å². The highest BCUT2D eigenvalue weighted by Gasteiger charge is 2.40. The van der Waals surface area contributed by atoms with Crippen molar-refractivity contribution in [2.75, 3.05) is 26.8 Å². The molecule has 1 saturated heterocycles. The molecule has 0 amide bonds. The Labute approximate surface area is 133 Å². The molecule has 22 heavy (non-hydrogen) atoms. The molecular weight excluding hydrogens is 278 g/mol. The highest BCUT2D eigenvalue weighted by atomic mass is 16.7. The molecule has 1 aliphatic heterocycles. The van der Waals surface area contributed by atoms with Gasteiger partial charge in [0.25, 0.3) is 0 Å². The molecule has 1 spiro atoms. The molecule has 2 aliphatic rings. The molecule has 1 saturated carbocycles. The normalized spacial score (nSPS) is 23.2. The van der Waals surface area contributed by atoms with Crippen molar-refractivity contribution < 1.29 is 14.6 Å². The van der Waals surface area contributed by atoms with Crippen LogP contribution in [0.15, 0.2) is 24.3 Å². The predicted molar refractivity (Wildman–Crippen MR) is 85.7 cm³/mol. The second-order valence-corrected chi connectivity index (χ2v) is 6.76. The van der Waals surface area contributed by atoms with Gasteiger partial charge in [0.15, 0.2) is 5.79 Å². The molecule has 0 radical (unpaired) electrons. The molecule has 0 bridgehead atoms. The van der Waals surface area contributed by atoms with E-state index in [1.807, 2.05) is 12.1 Å². The van der Waals surface area contributed by atoms with Crippen molar-refractivity contribution in [1.82, 2.24) is 4.90 Å². The molecule has 122 valence electrons. The highest BCUT2D eigenvalue weighted by molar-refractivity contribution is 5.29. The lowest BCUT2D eigenvalue weighted by Gasteiger charge is -2.37. The largest absolute Gasteiger partial charge is 0.508 e. The molecule has 2 fully saturated rings. The van der Waals surface area contributed by atoms with Crippen LogP contribution in [0.2, 0.25) is 0 Å². The summed E-state index contributed by atoms with van der Waals surface area (Å²) in [5.74, 6) is 0.780. The molecule has 4 nitrogen and oxygen atoms in total. The van der Waals surface area contributed by atoms with Gasteiger partial charge in [-0.3, -0.25) is 4.90 Å². The Morgan fingerprint density at radius 3 is 2.59 bits per heavy atom. The zero-order chi connectivity index (χ0) is 15.6. The van der Waals surface area contributed by atoms with Crippen molar-refractivity contribution in [3.05, 3.63) is 29.8 Å². The summed E-state index contributed by atoms with van der Waals surface area (Å²) in [4.78, 5) is 2.38. The molecule has 1 heterocycles. The molecule has 1 N–H and O–H groups in total. The number of phenols is 1. The maximum absolute atomic E-state index is 9.64. The Kier molecular flexibility index (Phi) is 4.71. The molecule has 1 atom stereocenters. The van der Waals surface area contributed by atoms with E-state index in [4.69, 9.17) is 9.47 Å². The second-order valence-electron chi connectivity index (χ2n) is 6.76. The number of hydrogen-bond donors (Lipinski definition) is 1. The Morgan fingerprint density at radius 1 is 1.27 bits per heavy atom. The van der Waals surface area contributed by atoms with Crippen molar-refractivity contribution >= 4 is 0 Å². The van der Waals surface area contributed by atoms with Gasteiger partial charge in [0.05, 0.1) is 13.2 Å². The first-order valence-electron chi connectivity index (χ1n) is 8.35. The van der Waals surface area contributed by atoms with Crippen LogP contribution in [0.1, 0.15) is 44.2 Å². The van der Waals surface area contributed by atoms with Gasteiger partial charge in [0.2, 0.25) is 0 Å². The Bertz CT molecular complexity index is 489. The van der Waals surface area contributed by atoms with E-state index >= 15 is 0 Å². The van der Waals surface area contributed by atoms with Gasteiger partial charge in [-0.05, 0) is 50.4 Å². The molecule has 0 unspecified atom stereocenters. The smallest absolute Gasteiger partial charge is 0.168 e. The Morgan fingerprint density at radius 2 is 1.95 bits per heavy atom. The SMILES string of the molecule is C[C@H](c1cccc(O)c1)N(C)CC1CCC2(CC1)OCCO2. The van der Waals surface area contributed by atoms with Gasteiger partial charge in [-0.2, -0.15) is 0 Å². The highest BCUT2D eigenvalue weighted by Crippen LogP contribution is 2.39. The third-order valence-corrected chi connectivity index (χ3v) is 5.24. The lowest BCUT2D eigenvalue weighted by atomic mass is 9.84. The molecule has 3 rings (SSSR count). The predicted octanol–water partition coefficient (Wildman–Crippen LogP) is 3.32. The zero-order valence-corrected chi connectivity index (χ0v) is 13.6. The number of aromatic hydroxyl groups is 1. The first-order valence-corrected chi connectivity index (χ1v) is 8.35. The quantitative estimate of drug-likeness (QED) is 0.926. The van der Waals surface area contributed by atoms with Crippen LogP contribution in [-0.4, -0.2) is 42.6 Å². The van der Waals surface area contributed by atoms with Gasteiger partial charge in [-0.25, -0.2) is 0 Å². The van der Waals surface area contributed by atoms with Crippen molar-refractivity contribution in [2.24, 2.45) is 5.92 Å². The van der Waals surface area contributed by atoms with Gasteiger partial charge in [0.1, 0.15) is 5.75 Å². The fourth-order valence-electron chi connectivity index (χ4n) is 3.69. The number of hydrogen-bond acceptors (Lipinski definition) is 4. The van der Waals surface area contributed by atoms with E-state index in [9.17, 15) is 5.11 Å². The fraction of sp³-hybridized carbons (Fsp3) is 0.667. The van der Waals surface area contributed by atoms with Gasteiger partial charge < -0.3 is 14.6 Å². The molecule has 1 aromatic rings. The van der Waals surface area contributed by atoms with Gasteiger partial charge in [-0.15, -0.1) is 0 Å². The summed E-state index contributed by atoms with van der Waals surface area (Å²) >= 11 is 0. The van der Waals surface area contributed by atoms with Crippen LogP contribution >= 0.6 is 0 Å². The van der Waals surface area contributed by atoms with E-state index in [1.165, 1.54) is 0 Å². The third kappa shape index (κ3) is 3.45. The van der Waals surface area contributed by atoms with Crippen molar-refractivity contribution in [3.8, 4) is 5.75 Å². The molecular formula is C18H27NO3. The number of rotatable bonds is 4. The summed E-state index contributed by atoms with van der Waals surface area (Å²) in [6.45, 7) is 4.77. The average Bonchev–Trinajstić information content (AvgIpc) is 2.97. The molecule has 1 aromatic carbocycles. The molecule has 1 aliphatic carbocycles. The first-order chi connectivity index (χ1) is 10.6. The van der Waals surface area contributed by atoms with Gasteiger partial charge >= 0.3 is 0 Å². The number of benzene rings is 1. The first kappa shape index (κ1) is 15.8. The molecule has 4 heteroatoms. The third-order valence-electron chi connectivity index (χ3n) is 5.24. The molecule has 0 aromatic heterocycles. The van der Waals surface area contributed by atoms with Crippen molar-refractivity contribution in [2.45, 2.75) is 44.4 Å². The minimum atomic E-state index is -0.258. The summed E-state index contributed by atoms with van der Waals surface area (Å²) in [5, 5.41) is 9.64. The summed E-state index contributed by atoms with van der Waals surface area (Å²) < 4.78 is 11.6. The Balaban J connectivity index is 1.52. The van der Waals surface area contributed by atoms with E-state index in [1.54, 1.807) is 6.07 Å². The van der Waals surface area contributed by atoms with Crippen LogP contribution in [-0.2, 0) is 9.47 Å². The summed E-state index contributed by atoms with van der Waals surface area (Å²) in [5.41, 5.74) is 1.16. The minimum absolute atomic E-state index is 0.258. The van der Waals surface area contributed by atoms with Crippen LogP contribution in [0.3, 0.4) is 0 Å². The van der Waals surface area contributed by atoms with E-state index in [-0.39, 0.29) is 5.79 Å². The topological polar surface area (TPSA) is 41.9 Å². The second kappa shape index (κ2) is 6.57. The summed E-state index contributed by atoms with van der Waals surface area (Å²) in [6, 6.07) is 7.88. The van der Waals surface area contributed by atoms with E-state index in [0.717, 1.165) is 51.0 Å². The number of phenolic OH excluding ortho intramolecular Hbond substituents is 1. The average molecular weight is 305 g/mol. The van der Waals surface area contributed by atoms with Crippen LogP contribution in [0.4, 0.5) is 0 Å². The van der Waals surface area contributed by atoms with E-state index in [2.05, 4.69) is 24.9 Å². The maximum Gasteiger partial charge on any atom is 0.168 e. The number of ether oxygens (including phenoxy) is 2. The number of nitrogens with zero attached hydrogens (tertiary/aromatic N) is 1. The standard InChI is InChI=1S/C18H27NO3/c1-14(16-4-3-5-17(20)12-16)19(2)13-15-6-8-18(9-7-15)21-10-11-22-18/h3-5,12,14-15,20H,6-11,13H2,1-2H3/t14-/m1/s1. The summed E-state index contributed by atoms with van der Waals surface area (Å²) in [7, 11) is 2.17. The Hall–Kier alpha value is -1.10. The van der Waals surface area contributed by atoms with Crippen LogP contribution in [0.5, 0.6) is 5.75 Å².